The molecule has 0 radical (unpaired) electrons. The number of alkyl halides is 3. The smallest absolute Gasteiger partial charge is 0.507 e. The molecule has 0 aromatic heterocycles. The molecule has 1 N–H and O–H groups in total. The molecule has 0 aliphatic rings. The number of hydrogen-bond donors (Lipinski definition) is 1. The summed E-state index contributed by atoms with van der Waals surface area (Å²) in [7, 11) is 0. The highest BCUT2D eigenvalue weighted by molar-refractivity contribution is 5.73. The van der Waals surface area contributed by atoms with E-state index in [0.29, 0.717) is 31.0 Å². The minimum absolute atomic E-state index is 0.274. The largest absolute Gasteiger partial charge is 0.573 e. The van der Waals surface area contributed by atoms with Crippen LogP contribution in [0, 0.1) is 34.9 Å². The Bertz CT molecular complexity index is 1210. The minimum Gasteiger partial charge on any atom is -0.507 e. The zero-order valence-electron chi connectivity index (χ0n) is 18.0. The number of phenols is 1. The zero-order chi connectivity index (χ0) is 26.1. The maximum absolute atomic E-state index is 15.2. The molecular formula is C24H17F9O2. The van der Waals surface area contributed by atoms with Crippen LogP contribution in [-0.2, 0) is 19.3 Å². The Morgan fingerprint density at radius 2 is 1.20 bits per heavy atom. The van der Waals surface area contributed by atoms with E-state index >= 15 is 4.39 Å². The van der Waals surface area contributed by atoms with Gasteiger partial charge >= 0.3 is 6.36 Å². The third-order valence-electron chi connectivity index (χ3n) is 5.12. The van der Waals surface area contributed by atoms with E-state index < -0.39 is 82.3 Å². The fourth-order valence-corrected chi connectivity index (χ4v) is 3.65. The predicted octanol–water partition coefficient (Wildman–Crippen LogP) is 7.53. The van der Waals surface area contributed by atoms with Gasteiger partial charge in [0.1, 0.15) is 29.0 Å². The van der Waals surface area contributed by atoms with Crippen molar-refractivity contribution in [1.29, 1.82) is 0 Å². The second-order valence-corrected chi connectivity index (χ2v) is 7.67. The number of rotatable bonds is 7. The van der Waals surface area contributed by atoms with E-state index in [2.05, 4.69) is 4.74 Å². The highest BCUT2D eigenvalue weighted by atomic mass is 19.4. The highest BCUT2D eigenvalue weighted by Gasteiger charge is 2.34. The summed E-state index contributed by atoms with van der Waals surface area (Å²) < 4.78 is 127. The van der Waals surface area contributed by atoms with E-state index in [0.717, 1.165) is 12.1 Å². The molecule has 0 heterocycles. The molecule has 0 aliphatic heterocycles. The number of ether oxygens (including phenoxy) is 1. The molecule has 0 spiro atoms. The molecule has 0 saturated heterocycles. The van der Waals surface area contributed by atoms with Gasteiger partial charge in [-0.3, -0.25) is 0 Å². The Hall–Kier alpha value is -3.37. The SMILES string of the molecule is CCCc1cc(F)c(-c2c(O)cc(F)c(CCc3cc(F)c(OC(F)(F)F)c(F)c3)c2F)c(F)c1. The molecule has 0 bridgehead atoms. The summed E-state index contributed by atoms with van der Waals surface area (Å²) in [5.74, 6) is -11.3. The summed E-state index contributed by atoms with van der Waals surface area (Å²) in [6.45, 7) is 1.77. The van der Waals surface area contributed by atoms with Crippen LogP contribution in [0.15, 0.2) is 30.3 Å². The lowest BCUT2D eigenvalue weighted by Crippen LogP contribution is -2.19. The quantitative estimate of drug-likeness (QED) is 0.335. The first-order valence-corrected chi connectivity index (χ1v) is 10.2. The Balaban J connectivity index is 1.97. The number of benzene rings is 3. The van der Waals surface area contributed by atoms with Gasteiger partial charge in [0.2, 0.25) is 5.75 Å². The summed E-state index contributed by atoms with van der Waals surface area (Å²) in [5, 5.41) is 10.0. The number of phenolic OH excluding ortho intramolecular Hbond substituents is 1. The number of halogens is 9. The summed E-state index contributed by atoms with van der Waals surface area (Å²) in [4.78, 5) is 0. The van der Waals surface area contributed by atoms with Crippen molar-refractivity contribution in [2.24, 2.45) is 0 Å². The first-order valence-electron chi connectivity index (χ1n) is 10.2. The number of aromatic hydroxyl groups is 1. The molecule has 0 aliphatic carbocycles. The molecule has 11 heteroatoms. The van der Waals surface area contributed by atoms with Crippen molar-refractivity contribution < 1.29 is 49.4 Å². The van der Waals surface area contributed by atoms with E-state index in [1.165, 1.54) is 0 Å². The fraction of sp³-hybridized carbons (Fsp3) is 0.250. The highest BCUT2D eigenvalue weighted by Crippen LogP contribution is 2.39. The lowest BCUT2D eigenvalue weighted by atomic mass is 9.94. The average Bonchev–Trinajstić information content (AvgIpc) is 2.72. The van der Waals surface area contributed by atoms with Crippen LogP contribution in [0.4, 0.5) is 39.5 Å². The lowest BCUT2D eigenvalue weighted by molar-refractivity contribution is -0.276. The Morgan fingerprint density at radius 3 is 1.71 bits per heavy atom. The number of hydrogen-bond acceptors (Lipinski definition) is 2. The van der Waals surface area contributed by atoms with Gasteiger partial charge < -0.3 is 9.84 Å². The fourth-order valence-electron chi connectivity index (χ4n) is 3.65. The summed E-state index contributed by atoms with van der Waals surface area (Å²) >= 11 is 0. The average molecular weight is 508 g/mol. The van der Waals surface area contributed by atoms with E-state index in [4.69, 9.17) is 0 Å². The van der Waals surface area contributed by atoms with Gasteiger partial charge in [-0.2, -0.15) is 0 Å². The van der Waals surface area contributed by atoms with Gasteiger partial charge in [-0.05, 0) is 54.7 Å². The molecule has 0 saturated carbocycles. The summed E-state index contributed by atoms with van der Waals surface area (Å²) in [5.41, 5.74) is -2.61. The van der Waals surface area contributed by atoms with Crippen molar-refractivity contribution in [3.8, 4) is 22.6 Å². The maximum atomic E-state index is 15.2. The molecule has 0 atom stereocenters. The zero-order valence-corrected chi connectivity index (χ0v) is 18.0. The molecule has 0 fully saturated rings. The third kappa shape index (κ3) is 5.83. The van der Waals surface area contributed by atoms with Gasteiger partial charge in [0.05, 0.1) is 11.1 Å². The predicted molar refractivity (Wildman–Crippen MR) is 108 cm³/mol. The van der Waals surface area contributed by atoms with Gasteiger partial charge in [-0.25, -0.2) is 26.3 Å². The molecule has 2 nitrogen and oxygen atoms in total. The normalized spacial score (nSPS) is 11.7. The van der Waals surface area contributed by atoms with Gasteiger partial charge in [-0.15, -0.1) is 13.2 Å². The molecular weight excluding hydrogens is 491 g/mol. The molecule has 0 unspecified atom stereocenters. The van der Waals surface area contributed by atoms with Crippen molar-refractivity contribution in [3.05, 3.63) is 81.9 Å². The third-order valence-corrected chi connectivity index (χ3v) is 5.12. The van der Waals surface area contributed by atoms with Crippen LogP contribution in [0.5, 0.6) is 11.5 Å². The molecule has 188 valence electrons. The van der Waals surface area contributed by atoms with Crippen molar-refractivity contribution in [3.63, 3.8) is 0 Å². The number of aryl methyl sites for hydroxylation is 2. The molecule has 0 amide bonds. The van der Waals surface area contributed by atoms with Crippen LogP contribution in [-0.4, -0.2) is 11.5 Å². The van der Waals surface area contributed by atoms with E-state index in [1.807, 2.05) is 0 Å². The first kappa shape index (κ1) is 26.2. The monoisotopic (exact) mass is 508 g/mol. The molecule has 3 aromatic carbocycles. The summed E-state index contributed by atoms with van der Waals surface area (Å²) in [6, 6.07) is 3.34. The van der Waals surface area contributed by atoms with Gasteiger partial charge in [0.25, 0.3) is 0 Å². The van der Waals surface area contributed by atoms with Crippen molar-refractivity contribution in [1.82, 2.24) is 0 Å². The van der Waals surface area contributed by atoms with Crippen LogP contribution >= 0.6 is 0 Å². The van der Waals surface area contributed by atoms with Crippen LogP contribution in [0.25, 0.3) is 11.1 Å². The maximum Gasteiger partial charge on any atom is 0.573 e. The standard InChI is InChI=1S/C24H17F9O2/c1-2-3-11-6-15(26)20(16(27)7-11)21-19(34)10-14(25)13(22(21)30)5-4-12-8-17(28)23(18(29)9-12)35-24(31,32)33/h6-10,34H,2-5H2,1H3. The van der Waals surface area contributed by atoms with Crippen LogP contribution < -0.4 is 4.74 Å². The minimum atomic E-state index is -5.35. The van der Waals surface area contributed by atoms with Crippen molar-refractivity contribution in [2.75, 3.05) is 0 Å². The van der Waals surface area contributed by atoms with E-state index in [-0.39, 0.29) is 11.1 Å². The van der Waals surface area contributed by atoms with Gasteiger partial charge in [-0.1, -0.05) is 13.3 Å². The van der Waals surface area contributed by atoms with E-state index in [9.17, 15) is 40.2 Å². The van der Waals surface area contributed by atoms with Crippen LogP contribution in [0.1, 0.15) is 30.0 Å². The first-order chi connectivity index (χ1) is 16.3. The molecule has 3 rings (SSSR count). The Morgan fingerprint density at radius 1 is 0.686 bits per heavy atom. The molecule has 35 heavy (non-hydrogen) atoms. The second kappa shape index (κ2) is 10.1. The van der Waals surface area contributed by atoms with Crippen molar-refractivity contribution in [2.45, 2.75) is 39.0 Å². The van der Waals surface area contributed by atoms with E-state index in [1.54, 1.807) is 6.92 Å². The topological polar surface area (TPSA) is 29.5 Å². The van der Waals surface area contributed by atoms with Crippen LogP contribution in [0.3, 0.4) is 0 Å². The lowest BCUT2D eigenvalue weighted by Gasteiger charge is -2.15. The van der Waals surface area contributed by atoms with Crippen LogP contribution in [0.2, 0.25) is 0 Å². The summed E-state index contributed by atoms with van der Waals surface area (Å²) in [6.07, 6.45) is -5.53. The Labute approximate surface area is 193 Å². The molecule has 3 aromatic rings. The Kier molecular flexibility index (Phi) is 7.56. The van der Waals surface area contributed by atoms with Gasteiger partial charge in [0, 0.05) is 11.6 Å². The van der Waals surface area contributed by atoms with Gasteiger partial charge in [0.15, 0.2) is 11.6 Å². The second-order valence-electron chi connectivity index (χ2n) is 7.67. The van der Waals surface area contributed by atoms with Crippen molar-refractivity contribution >= 4 is 0 Å².